The highest BCUT2D eigenvalue weighted by molar-refractivity contribution is 6.16. The van der Waals surface area contributed by atoms with E-state index in [1.165, 1.54) is 0 Å². The average Bonchev–Trinajstić information content (AvgIpc) is 2.78. The standard InChI is InChI=1S/C11H11ClN2O2/c12-8-11-14-13-10(16-11)6-7-15-9-4-2-1-3-5-9/h1-5H,6-8H2. The normalized spacial score (nSPS) is 10.3. The van der Waals surface area contributed by atoms with E-state index in [9.17, 15) is 0 Å². The number of ether oxygens (including phenoxy) is 1. The molecule has 0 fully saturated rings. The molecule has 1 aromatic heterocycles. The molecule has 0 atom stereocenters. The SMILES string of the molecule is ClCc1nnc(CCOc2ccccc2)o1. The Morgan fingerprint density at radius 3 is 2.56 bits per heavy atom. The summed E-state index contributed by atoms with van der Waals surface area (Å²) in [5.41, 5.74) is 0. The van der Waals surface area contributed by atoms with Gasteiger partial charge in [-0.15, -0.1) is 21.8 Å². The molecule has 0 unspecified atom stereocenters. The van der Waals surface area contributed by atoms with Gasteiger partial charge in [0.2, 0.25) is 11.8 Å². The molecule has 0 aliphatic heterocycles. The largest absolute Gasteiger partial charge is 0.493 e. The summed E-state index contributed by atoms with van der Waals surface area (Å²) < 4.78 is 10.7. The van der Waals surface area contributed by atoms with Crippen molar-refractivity contribution < 1.29 is 9.15 Å². The molecule has 16 heavy (non-hydrogen) atoms. The molecule has 0 amide bonds. The molecular weight excluding hydrogens is 228 g/mol. The van der Waals surface area contributed by atoms with Gasteiger partial charge in [0.1, 0.15) is 11.6 Å². The first-order chi connectivity index (χ1) is 7.88. The molecule has 4 nitrogen and oxygen atoms in total. The van der Waals surface area contributed by atoms with Crippen LogP contribution in [0, 0.1) is 0 Å². The summed E-state index contributed by atoms with van der Waals surface area (Å²) in [6.07, 6.45) is 0.582. The van der Waals surface area contributed by atoms with Crippen molar-refractivity contribution in [1.82, 2.24) is 10.2 Å². The molecule has 1 heterocycles. The highest BCUT2D eigenvalue weighted by Gasteiger charge is 2.04. The van der Waals surface area contributed by atoms with Crippen LogP contribution in [0.25, 0.3) is 0 Å². The third-order valence-electron chi connectivity index (χ3n) is 1.95. The van der Waals surface area contributed by atoms with Gasteiger partial charge in [-0.2, -0.15) is 0 Å². The number of aromatic nitrogens is 2. The van der Waals surface area contributed by atoms with Gasteiger partial charge in [-0.25, -0.2) is 0 Å². The van der Waals surface area contributed by atoms with Crippen molar-refractivity contribution in [3.63, 3.8) is 0 Å². The minimum Gasteiger partial charge on any atom is -0.493 e. The molecule has 0 N–H and O–H groups in total. The fourth-order valence-corrected chi connectivity index (χ4v) is 1.32. The lowest BCUT2D eigenvalue weighted by atomic mass is 10.3. The average molecular weight is 239 g/mol. The Morgan fingerprint density at radius 2 is 1.88 bits per heavy atom. The molecule has 0 aliphatic carbocycles. The van der Waals surface area contributed by atoms with E-state index in [2.05, 4.69) is 10.2 Å². The van der Waals surface area contributed by atoms with Crippen LogP contribution >= 0.6 is 11.6 Å². The minimum absolute atomic E-state index is 0.243. The second-order valence-electron chi connectivity index (χ2n) is 3.13. The third-order valence-corrected chi connectivity index (χ3v) is 2.18. The zero-order valence-electron chi connectivity index (χ0n) is 8.60. The Balaban J connectivity index is 1.80. The second kappa shape index (κ2) is 5.51. The predicted octanol–water partition coefficient (Wildman–Crippen LogP) is 2.43. The fourth-order valence-electron chi connectivity index (χ4n) is 1.22. The van der Waals surface area contributed by atoms with Crippen molar-refractivity contribution >= 4 is 11.6 Å². The van der Waals surface area contributed by atoms with Crippen LogP contribution in [-0.2, 0) is 12.3 Å². The maximum Gasteiger partial charge on any atom is 0.231 e. The molecule has 0 saturated heterocycles. The van der Waals surface area contributed by atoms with Gasteiger partial charge in [0.05, 0.1) is 13.0 Å². The van der Waals surface area contributed by atoms with Crippen LogP contribution in [-0.4, -0.2) is 16.8 Å². The highest BCUT2D eigenvalue weighted by atomic mass is 35.5. The Kier molecular flexibility index (Phi) is 3.77. The number of hydrogen-bond acceptors (Lipinski definition) is 4. The van der Waals surface area contributed by atoms with E-state index in [0.29, 0.717) is 24.8 Å². The Hall–Kier alpha value is -1.55. The second-order valence-corrected chi connectivity index (χ2v) is 3.40. The van der Waals surface area contributed by atoms with Crippen LogP contribution in [0.3, 0.4) is 0 Å². The maximum atomic E-state index is 5.54. The summed E-state index contributed by atoms with van der Waals surface area (Å²) >= 11 is 5.54. The lowest BCUT2D eigenvalue weighted by molar-refractivity contribution is 0.304. The van der Waals surface area contributed by atoms with Crippen LogP contribution in [0.2, 0.25) is 0 Å². The molecule has 0 aliphatic rings. The monoisotopic (exact) mass is 238 g/mol. The Labute approximate surface area is 98.2 Å². The van der Waals surface area contributed by atoms with Gasteiger partial charge in [0.25, 0.3) is 0 Å². The molecule has 84 valence electrons. The van der Waals surface area contributed by atoms with Crippen LogP contribution in [0.5, 0.6) is 5.75 Å². The molecule has 0 bridgehead atoms. The summed E-state index contributed by atoms with van der Waals surface area (Å²) in [7, 11) is 0. The molecule has 0 spiro atoms. The Morgan fingerprint density at radius 1 is 1.12 bits per heavy atom. The van der Waals surface area contributed by atoms with Crippen molar-refractivity contribution in [2.24, 2.45) is 0 Å². The molecule has 2 aromatic rings. The van der Waals surface area contributed by atoms with E-state index in [4.69, 9.17) is 20.8 Å². The van der Waals surface area contributed by atoms with E-state index in [-0.39, 0.29) is 5.88 Å². The van der Waals surface area contributed by atoms with Gasteiger partial charge >= 0.3 is 0 Å². The number of para-hydroxylation sites is 1. The smallest absolute Gasteiger partial charge is 0.231 e. The van der Waals surface area contributed by atoms with E-state index >= 15 is 0 Å². The molecular formula is C11H11ClN2O2. The fraction of sp³-hybridized carbons (Fsp3) is 0.273. The quantitative estimate of drug-likeness (QED) is 0.751. The number of alkyl halides is 1. The number of hydrogen-bond donors (Lipinski definition) is 0. The Bertz CT molecular complexity index is 431. The summed E-state index contributed by atoms with van der Waals surface area (Å²) in [4.78, 5) is 0. The van der Waals surface area contributed by atoms with Crippen molar-refractivity contribution in [1.29, 1.82) is 0 Å². The topological polar surface area (TPSA) is 48.2 Å². The highest BCUT2D eigenvalue weighted by Crippen LogP contribution is 2.09. The van der Waals surface area contributed by atoms with Crippen LogP contribution in [0.1, 0.15) is 11.8 Å². The van der Waals surface area contributed by atoms with Gasteiger partial charge in [0, 0.05) is 0 Å². The van der Waals surface area contributed by atoms with Crippen molar-refractivity contribution in [2.45, 2.75) is 12.3 Å². The lowest BCUT2D eigenvalue weighted by Gasteiger charge is -2.02. The van der Waals surface area contributed by atoms with Crippen LogP contribution in [0.4, 0.5) is 0 Å². The third kappa shape index (κ3) is 2.97. The van der Waals surface area contributed by atoms with Gasteiger partial charge < -0.3 is 9.15 Å². The van der Waals surface area contributed by atoms with Gasteiger partial charge in [-0.3, -0.25) is 0 Å². The predicted molar refractivity (Wildman–Crippen MR) is 59.5 cm³/mol. The minimum atomic E-state index is 0.243. The van der Waals surface area contributed by atoms with E-state index in [1.54, 1.807) is 0 Å². The summed E-state index contributed by atoms with van der Waals surface area (Å²) in [5, 5.41) is 7.59. The van der Waals surface area contributed by atoms with E-state index in [1.807, 2.05) is 30.3 Å². The van der Waals surface area contributed by atoms with Crippen molar-refractivity contribution in [2.75, 3.05) is 6.61 Å². The number of rotatable bonds is 5. The zero-order valence-corrected chi connectivity index (χ0v) is 9.35. The number of halogens is 1. The number of nitrogens with zero attached hydrogens (tertiary/aromatic N) is 2. The van der Waals surface area contributed by atoms with Crippen LogP contribution in [0.15, 0.2) is 34.7 Å². The van der Waals surface area contributed by atoms with Gasteiger partial charge in [-0.05, 0) is 12.1 Å². The van der Waals surface area contributed by atoms with E-state index in [0.717, 1.165) is 5.75 Å². The first kappa shape index (κ1) is 11.0. The zero-order chi connectivity index (χ0) is 11.2. The summed E-state index contributed by atoms with van der Waals surface area (Å²) in [6.45, 7) is 0.508. The van der Waals surface area contributed by atoms with E-state index < -0.39 is 0 Å². The van der Waals surface area contributed by atoms with Gasteiger partial charge in [0.15, 0.2) is 0 Å². The van der Waals surface area contributed by atoms with Crippen molar-refractivity contribution in [3.05, 3.63) is 42.1 Å². The first-order valence-corrected chi connectivity index (χ1v) is 5.47. The summed E-state index contributed by atoms with van der Waals surface area (Å²) in [6, 6.07) is 9.59. The van der Waals surface area contributed by atoms with Gasteiger partial charge in [-0.1, -0.05) is 18.2 Å². The van der Waals surface area contributed by atoms with Crippen LogP contribution < -0.4 is 4.74 Å². The molecule has 1 aromatic carbocycles. The van der Waals surface area contributed by atoms with Crippen molar-refractivity contribution in [3.8, 4) is 5.75 Å². The molecule has 5 heteroatoms. The first-order valence-electron chi connectivity index (χ1n) is 4.93. The maximum absolute atomic E-state index is 5.54. The number of benzene rings is 1. The molecule has 0 saturated carbocycles. The lowest BCUT2D eigenvalue weighted by Crippen LogP contribution is -2.01. The summed E-state index contributed by atoms with van der Waals surface area (Å²) in [5.74, 6) is 2.06. The molecule has 2 rings (SSSR count). The molecule has 0 radical (unpaired) electrons.